The normalized spacial score (nSPS) is 14.3. The molecule has 0 radical (unpaired) electrons. The molecule has 0 saturated carbocycles. The van der Waals surface area contributed by atoms with E-state index in [1.165, 1.54) is 10.8 Å². The number of fused-ring (bicyclic) bond motifs is 1. The van der Waals surface area contributed by atoms with E-state index in [2.05, 4.69) is 69.7 Å². The number of ether oxygens (including phenoxy) is 1. The summed E-state index contributed by atoms with van der Waals surface area (Å²) in [6.45, 7) is 3.60. The third-order valence-electron chi connectivity index (χ3n) is 5.02. The van der Waals surface area contributed by atoms with Crippen molar-refractivity contribution < 1.29 is 4.74 Å². The Balaban J connectivity index is 1.43. The number of anilines is 2. The van der Waals surface area contributed by atoms with E-state index >= 15 is 0 Å². The van der Waals surface area contributed by atoms with Crippen LogP contribution < -0.4 is 15.0 Å². The van der Waals surface area contributed by atoms with Gasteiger partial charge in [-0.25, -0.2) is 0 Å². The minimum absolute atomic E-state index is 0.783. The van der Waals surface area contributed by atoms with Gasteiger partial charge in [0.2, 0.25) is 0 Å². The third kappa shape index (κ3) is 3.69. The summed E-state index contributed by atoms with van der Waals surface area (Å²) >= 11 is 5.69. The molecule has 0 amide bonds. The standard InChI is InChI=1S/C22H23N3OS/c1-26-21-12-5-4-11-20(21)24-13-15-25(16-14-24)22(27)23-19-10-6-8-17-7-2-3-9-18(17)19/h2-12H,13-16H2,1H3,(H,23,27). The van der Waals surface area contributed by atoms with Crippen molar-refractivity contribution in [3.8, 4) is 5.75 Å². The number of thiocarbonyl (C=S) groups is 1. The monoisotopic (exact) mass is 377 g/mol. The molecule has 0 atom stereocenters. The van der Waals surface area contributed by atoms with E-state index in [-0.39, 0.29) is 0 Å². The van der Waals surface area contributed by atoms with Gasteiger partial charge in [0.1, 0.15) is 5.75 Å². The lowest BCUT2D eigenvalue weighted by molar-refractivity contribution is 0.382. The van der Waals surface area contributed by atoms with Crippen LogP contribution in [0.15, 0.2) is 66.7 Å². The zero-order valence-electron chi connectivity index (χ0n) is 15.4. The summed E-state index contributed by atoms with van der Waals surface area (Å²) in [5.74, 6) is 0.919. The SMILES string of the molecule is COc1ccccc1N1CCN(C(=S)Nc2cccc3ccccc23)CC1. The topological polar surface area (TPSA) is 27.7 Å². The van der Waals surface area contributed by atoms with Crippen molar-refractivity contribution in [1.82, 2.24) is 4.90 Å². The minimum atomic E-state index is 0.783. The number of nitrogens with zero attached hydrogens (tertiary/aromatic N) is 2. The van der Waals surface area contributed by atoms with Gasteiger partial charge >= 0.3 is 0 Å². The van der Waals surface area contributed by atoms with Crippen molar-refractivity contribution in [3.05, 3.63) is 66.7 Å². The summed E-state index contributed by atoms with van der Waals surface area (Å²) in [6, 6.07) is 22.8. The Labute approximate surface area is 165 Å². The van der Waals surface area contributed by atoms with Crippen molar-refractivity contribution in [2.45, 2.75) is 0 Å². The van der Waals surface area contributed by atoms with Gasteiger partial charge in [-0.2, -0.15) is 0 Å². The van der Waals surface area contributed by atoms with E-state index in [1.807, 2.05) is 12.1 Å². The molecule has 4 rings (SSSR count). The van der Waals surface area contributed by atoms with Crippen LogP contribution in [0, 0.1) is 0 Å². The molecule has 0 aromatic heterocycles. The Morgan fingerprint density at radius 3 is 2.41 bits per heavy atom. The summed E-state index contributed by atoms with van der Waals surface area (Å²) < 4.78 is 5.50. The van der Waals surface area contributed by atoms with Crippen LogP contribution in [0.2, 0.25) is 0 Å². The molecule has 3 aromatic rings. The second-order valence-electron chi connectivity index (χ2n) is 6.60. The number of nitrogens with one attached hydrogen (secondary N) is 1. The molecule has 1 aliphatic rings. The lowest BCUT2D eigenvalue weighted by Gasteiger charge is -2.37. The molecule has 0 aliphatic carbocycles. The van der Waals surface area contributed by atoms with Crippen molar-refractivity contribution in [3.63, 3.8) is 0 Å². The second kappa shape index (κ2) is 7.84. The van der Waals surface area contributed by atoms with E-state index < -0.39 is 0 Å². The van der Waals surface area contributed by atoms with Gasteiger partial charge < -0.3 is 19.9 Å². The van der Waals surface area contributed by atoms with Gasteiger partial charge in [-0.15, -0.1) is 0 Å². The van der Waals surface area contributed by atoms with E-state index in [0.717, 1.165) is 48.4 Å². The third-order valence-corrected chi connectivity index (χ3v) is 5.38. The first-order valence-electron chi connectivity index (χ1n) is 9.18. The molecular formula is C22H23N3OS. The number of piperazine rings is 1. The number of rotatable bonds is 3. The molecule has 4 nitrogen and oxygen atoms in total. The Hall–Kier alpha value is -2.79. The van der Waals surface area contributed by atoms with Gasteiger partial charge in [-0.1, -0.05) is 48.5 Å². The maximum Gasteiger partial charge on any atom is 0.173 e. The summed E-state index contributed by atoms with van der Waals surface area (Å²) in [4.78, 5) is 4.60. The molecule has 5 heteroatoms. The summed E-state index contributed by atoms with van der Waals surface area (Å²) in [7, 11) is 1.72. The van der Waals surface area contributed by atoms with E-state index in [0.29, 0.717) is 0 Å². The highest BCUT2D eigenvalue weighted by atomic mass is 32.1. The van der Waals surface area contributed by atoms with Crippen LogP contribution in [0.4, 0.5) is 11.4 Å². The largest absolute Gasteiger partial charge is 0.495 e. The number of benzene rings is 3. The molecule has 1 N–H and O–H groups in total. The average Bonchev–Trinajstić information content (AvgIpc) is 2.74. The fourth-order valence-corrected chi connectivity index (χ4v) is 3.86. The van der Waals surface area contributed by atoms with Crippen LogP contribution >= 0.6 is 12.2 Å². The first kappa shape index (κ1) is 17.6. The first-order valence-corrected chi connectivity index (χ1v) is 9.59. The van der Waals surface area contributed by atoms with Crippen molar-refractivity contribution in [2.75, 3.05) is 43.5 Å². The molecular weight excluding hydrogens is 354 g/mol. The zero-order chi connectivity index (χ0) is 18.6. The van der Waals surface area contributed by atoms with Gasteiger partial charge in [0, 0.05) is 37.3 Å². The van der Waals surface area contributed by atoms with Gasteiger partial charge in [0.15, 0.2) is 5.11 Å². The summed E-state index contributed by atoms with van der Waals surface area (Å²) in [5.41, 5.74) is 2.21. The van der Waals surface area contributed by atoms with Crippen LogP contribution in [0.1, 0.15) is 0 Å². The van der Waals surface area contributed by atoms with Crippen LogP contribution in [0.3, 0.4) is 0 Å². The molecule has 0 bridgehead atoms. The number of hydrogen-bond donors (Lipinski definition) is 1. The molecule has 0 unspecified atom stereocenters. The Kier molecular flexibility index (Phi) is 5.12. The van der Waals surface area contributed by atoms with Crippen molar-refractivity contribution in [2.24, 2.45) is 0 Å². The maximum atomic E-state index is 5.69. The molecule has 1 saturated heterocycles. The van der Waals surface area contributed by atoms with Gasteiger partial charge in [0.25, 0.3) is 0 Å². The van der Waals surface area contributed by atoms with Gasteiger partial charge in [-0.05, 0) is 35.8 Å². The second-order valence-corrected chi connectivity index (χ2v) is 6.99. The minimum Gasteiger partial charge on any atom is -0.495 e. The fraction of sp³-hybridized carbons (Fsp3) is 0.227. The highest BCUT2D eigenvalue weighted by Gasteiger charge is 2.21. The number of para-hydroxylation sites is 2. The van der Waals surface area contributed by atoms with Gasteiger partial charge in [-0.3, -0.25) is 0 Å². The van der Waals surface area contributed by atoms with E-state index in [9.17, 15) is 0 Å². The molecule has 1 fully saturated rings. The van der Waals surface area contributed by atoms with Crippen molar-refractivity contribution in [1.29, 1.82) is 0 Å². The molecule has 138 valence electrons. The highest BCUT2D eigenvalue weighted by molar-refractivity contribution is 7.80. The number of methoxy groups -OCH3 is 1. The smallest absolute Gasteiger partial charge is 0.173 e. The molecule has 27 heavy (non-hydrogen) atoms. The molecule has 0 spiro atoms. The predicted octanol–water partition coefficient (Wildman–Crippen LogP) is 4.37. The Morgan fingerprint density at radius 2 is 1.59 bits per heavy atom. The molecule has 1 heterocycles. The van der Waals surface area contributed by atoms with Crippen molar-refractivity contribution >= 4 is 39.5 Å². The summed E-state index contributed by atoms with van der Waals surface area (Å²) in [5, 5.41) is 6.63. The Morgan fingerprint density at radius 1 is 0.889 bits per heavy atom. The highest BCUT2D eigenvalue weighted by Crippen LogP contribution is 2.28. The van der Waals surface area contributed by atoms with Crippen LogP contribution in [-0.2, 0) is 0 Å². The first-order chi connectivity index (χ1) is 13.3. The molecule has 3 aromatic carbocycles. The lowest BCUT2D eigenvalue weighted by atomic mass is 10.1. The average molecular weight is 378 g/mol. The summed E-state index contributed by atoms with van der Waals surface area (Å²) in [6.07, 6.45) is 0. The molecule has 1 aliphatic heterocycles. The van der Waals surface area contributed by atoms with Crippen LogP contribution in [-0.4, -0.2) is 43.3 Å². The Bertz CT molecular complexity index is 946. The van der Waals surface area contributed by atoms with Gasteiger partial charge in [0.05, 0.1) is 12.8 Å². The lowest BCUT2D eigenvalue weighted by Crippen LogP contribution is -2.50. The predicted molar refractivity (Wildman–Crippen MR) is 117 cm³/mol. The quantitative estimate of drug-likeness (QED) is 0.685. The maximum absolute atomic E-state index is 5.69. The van der Waals surface area contributed by atoms with Crippen LogP contribution in [0.5, 0.6) is 5.75 Å². The fourth-order valence-electron chi connectivity index (χ4n) is 3.57. The van der Waals surface area contributed by atoms with E-state index in [1.54, 1.807) is 7.11 Å². The number of hydrogen-bond acceptors (Lipinski definition) is 3. The van der Waals surface area contributed by atoms with Crippen LogP contribution in [0.25, 0.3) is 10.8 Å². The van der Waals surface area contributed by atoms with E-state index in [4.69, 9.17) is 17.0 Å². The zero-order valence-corrected chi connectivity index (χ0v) is 16.2.